The van der Waals surface area contributed by atoms with Crippen molar-refractivity contribution in [2.75, 3.05) is 57.9 Å². The molecule has 0 radical (unpaired) electrons. The zero-order valence-electron chi connectivity index (χ0n) is 30.3. The molecule has 0 bridgehead atoms. The Morgan fingerprint density at radius 1 is 0.642 bits per heavy atom. The number of benzene rings is 3. The summed E-state index contributed by atoms with van der Waals surface area (Å²) in [4.78, 5) is 49.3. The SMILES string of the molecule is C=CC(=O)OCCCCOc1ccc(C=CC(=O)Nc2ccc(N(C)C(=O)C=Cc3ccc(OCCCCOC(=O)C=C)c(OC)c3)cc2)cc1OC. The molecular formula is C41H46N2O10. The summed E-state index contributed by atoms with van der Waals surface area (Å²) in [6.07, 6.45) is 11.1. The maximum Gasteiger partial charge on any atom is 0.330 e. The molecule has 0 spiro atoms. The maximum absolute atomic E-state index is 12.9. The predicted octanol–water partition coefficient (Wildman–Crippen LogP) is 6.81. The smallest absolute Gasteiger partial charge is 0.330 e. The molecule has 1 N–H and O–H groups in total. The van der Waals surface area contributed by atoms with Crippen LogP contribution in [-0.2, 0) is 28.7 Å². The van der Waals surface area contributed by atoms with Crippen LogP contribution in [0, 0.1) is 0 Å². The molecule has 0 aliphatic carbocycles. The highest BCUT2D eigenvalue weighted by Crippen LogP contribution is 2.30. The molecule has 0 aromatic heterocycles. The van der Waals surface area contributed by atoms with E-state index in [1.54, 1.807) is 74.8 Å². The van der Waals surface area contributed by atoms with Gasteiger partial charge < -0.3 is 38.6 Å². The first-order valence-electron chi connectivity index (χ1n) is 16.9. The Labute approximate surface area is 310 Å². The molecule has 0 atom stereocenters. The Kier molecular flexibility index (Phi) is 17.5. The molecule has 12 nitrogen and oxygen atoms in total. The van der Waals surface area contributed by atoms with Crippen LogP contribution >= 0.6 is 0 Å². The van der Waals surface area contributed by atoms with Crippen LogP contribution in [0.15, 0.2) is 98.1 Å². The van der Waals surface area contributed by atoms with Gasteiger partial charge in [-0.3, -0.25) is 9.59 Å². The van der Waals surface area contributed by atoms with E-state index in [0.717, 1.165) is 23.3 Å². The third kappa shape index (κ3) is 14.5. The number of esters is 2. The van der Waals surface area contributed by atoms with Crippen LogP contribution in [0.2, 0.25) is 0 Å². The van der Waals surface area contributed by atoms with E-state index in [1.165, 1.54) is 24.2 Å². The lowest BCUT2D eigenvalue weighted by Crippen LogP contribution is -2.23. The monoisotopic (exact) mass is 726 g/mol. The molecule has 0 aliphatic rings. The number of nitrogens with one attached hydrogen (secondary N) is 1. The highest BCUT2D eigenvalue weighted by Gasteiger charge is 2.10. The van der Waals surface area contributed by atoms with Crippen molar-refractivity contribution >= 4 is 47.3 Å². The first-order valence-corrected chi connectivity index (χ1v) is 16.9. The Morgan fingerprint density at radius 2 is 1.11 bits per heavy atom. The number of carbonyl (C=O) groups is 4. The zero-order chi connectivity index (χ0) is 38.4. The second-order valence-corrected chi connectivity index (χ2v) is 11.3. The summed E-state index contributed by atoms with van der Waals surface area (Å²) in [5, 5.41) is 2.81. The Balaban J connectivity index is 1.47. The van der Waals surface area contributed by atoms with Crippen molar-refractivity contribution < 1.29 is 47.6 Å². The Morgan fingerprint density at radius 3 is 1.58 bits per heavy atom. The van der Waals surface area contributed by atoms with Gasteiger partial charge in [-0.2, -0.15) is 0 Å². The molecule has 53 heavy (non-hydrogen) atoms. The first-order chi connectivity index (χ1) is 25.7. The molecule has 3 aromatic carbocycles. The number of nitrogens with zero attached hydrogens (tertiary/aromatic N) is 1. The van der Waals surface area contributed by atoms with Crippen molar-refractivity contribution in [1.29, 1.82) is 0 Å². The summed E-state index contributed by atoms with van der Waals surface area (Å²) in [5.74, 6) is 0.690. The van der Waals surface area contributed by atoms with Crippen LogP contribution in [0.25, 0.3) is 12.2 Å². The number of rotatable bonds is 22. The van der Waals surface area contributed by atoms with E-state index in [9.17, 15) is 19.2 Å². The summed E-state index contributed by atoms with van der Waals surface area (Å²) in [7, 11) is 4.74. The molecule has 12 heteroatoms. The minimum Gasteiger partial charge on any atom is -0.493 e. The largest absolute Gasteiger partial charge is 0.493 e. The lowest BCUT2D eigenvalue weighted by Gasteiger charge is -2.16. The number of hydrogen-bond donors (Lipinski definition) is 1. The van der Waals surface area contributed by atoms with Crippen molar-refractivity contribution in [2.24, 2.45) is 0 Å². The summed E-state index contributed by atoms with van der Waals surface area (Å²) in [6.45, 7) is 8.15. The molecule has 0 saturated carbocycles. The lowest BCUT2D eigenvalue weighted by atomic mass is 10.1. The number of carbonyl (C=O) groups excluding carboxylic acids is 4. The summed E-state index contributed by atoms with van der Waals surface area (Å²) in [5.41, 5.74) is 2.69. The average molecular weight is 727 g/mol. The van der Waals surface area contributed by atoms with Crippen LogP contribution in [0.5, 0.6) is 23.0 Å². The number of unbranched alkanes of at least 4 members (excludes halogenated alkanes) is 2. The van der Waals surface area contributed by atoms with Gasteiger partial charge in [-0.25, -0.2) is 9.59 Å². The summed E-state index contributed by atoms with van der Waals surface area (Å²) < 4.78 is 32.4. The molecule has 0 saturated heterocycles. The van der Waals surface area contributed by atoms with E-state index in [4.69, 9.17) is 28.4 Å². The van der Waals surface area contributed by atoms with Gasteiger partial charge in [0.25, 0.3) is 5.91 Å². The standard InChI is InChI=1S/C41H46N2O10/c1-6-40(46)52-26-10-8-24-50-34-20-12-30(28-36(34)48-4)14-22-38(44)42-32-16-18-33(19-17-32)43(3)39(45)23-15-31-13-21-35(37(29-31)49-5)51-25-9-11-27-53-41(47)7-2/h6-7,12-23,28-29H,1-2,8-11,24-27H2,3-5H3,(H,42,44). The molecule has 3 rings (SSSR count). The highest BCUT2D eigenvalue weighted by molar-refractivity contribution is 6.04. The van der Waals surface area contributed by atoms with Gasteiger partial charge in [-0.05, 0) is 97.5 Å². The lowest BCUT2D eigenvalue weighted by molar-refractivity contribution is -0.138. The van der Waals surface area contributed by atoms with Crippen LogP contribution in [0.1, 0.15) is 36.8 Å². The van der Waals surface area contributed by atoms with E-state index in [-0.39, 0.29) is 11.8 Å². The topological polar surface area (TPSA) is 139 Å². The van der Waals surface area contributed by atoms with E-state index in [1.807, 2.05) is 12.1 Å². The Bertz CT molecular complexity index is 1760. The fourth-order valence-electron chi connectivity index (χ4n) is 4.58. The van der Waals surface area contributed by atoms with Crippen LogP contribution < -0.4 is 29.2 Å². The van der Waals surface area contributed by atoms with E-state index >= 15 is 0 Å². The highest BCUT2D eigenvalue weighted by atomic mass is 16.5. The van der Waals surface area contributed by atoms with Crippen LogP contribution in [-0.4, -0.2) is 71.4 Å². The fraction of sp³-hybridized carbons (Fsp3) is 0.268. The number of likely N-dealkylation sites (N-methyl/N-ethyl adjacent to an activating group) is 1. The molecule has 2 amide bonds. The zero-order valence-corrected chi connectivity index (χ0v) is 30.3. The third-order valence-corrected chi connectivity index (χ3v) is 7.49. The van der Waals surface area contributed by atoms with Crippen LogP contribution in [0.4, 0.5) is 11.4 Å². The minimum absolute atomic E-state index is 0.250. The van der Waals surface area contributed by atoms with Crippen molar-refractivity contribution in [3.05, 3.63) is 109 Å². The van der Waals surface area contributed by atoms with E-state index in [2.05, 4.69) is 18.5 Å². The molecular weight excluding hydrogens is 680 g/mol. The van der Waals surface area contributed by atoms with Gasteiger partial charge in [0, 0.05) is 42.7 Å². The number of hydrogen-bond acceptors (Lipinski definition) is 10. The van der Waals surface area contributed by atoms with Gasteiger partial charge in [0.1, 0.15) is 0 Å². The molecule has 0 aliphatic heterocycles. The van der Waals surface area contributed by atoms with Gasteiger partial charge >= 0.3 is 11.9 Å². The average Bonchev–Trinajstić information content (AvgIpc) is 3.18. The minimum atomic E-state index is -0.449. The maximum atomic E-state index is 12.9. The second kappa shape index (κ2) is 22.5. The Hall–Kier alpha value is -6.30. The quantitative estimate of drug-likeness (QED) is 0.0668. The van der Waals surface area contributed by atoms with Gasteiger partial charge in [-0.15, -0.1) is 0 Å². The number of amides is 2. The summed E-state index contributed by atoms with van der Waals surface area (Å²) in [6, 6.07) is 17.6. The normalized spacial score (nSPS) is 10.7. The van der Waals surface area contributed by atoms with Crippen LogP contribution in [0.3, 0.4) is 0 Å². The molecule has 280 valence electrons. The second-order valence-electron chi connectivity index (χ2n) is 11.3. The van der Waals surface area contributed by atoms with E-state index < -0.39 is 11.9 Å². The molecule has 0 unspecified atom stereocenters. The molecule has 0 fully saturated rings. The number of methoxy groups -OCH3 is 2. The number of anilines is 2. The van der Waals surface area contributed by atoms with Gasteiger partial charge in [-0.1, -0.05) is 25.3 Å². The fourth-order valence-corrected chi connectivity index (χ4v) is 4.58. The number of ether oxygens (including phenoxy) is 6. The van der Waals surface area contributed by atoms with Gasteiger partial charge in [0.15, 0.2) is 23.0 Å². The van der Waals surface area contributed by atoms with Gasteiger partial charge in [0.2, 0.25) is 5.91 Å². The molecule has 0 heterocycles. The third-order valence-electron chi connectivity index (χ3n) is 7.49. The predicted molar refractivity (Wildman–Crippen MR) is 204 cm³/mol. The van der Waals surface area contributed by atoms with Crippen molar-refractivity contribution in [2.45, 2.75) is 25.7 Å². The van der Waals surface area contributed by atoms with Crippen molar-refractivity contribution in [3.8, 4) is 23.0 Å². The van der Waals surface area contributed by atoms with Crippen molar-refractivity contribution in [1.82, 2.24) is 0 Å². The molecule has 3 aromatic rings. The first kappa shape index (κ1) is 41.1. The van der Waals surface area contributed by atoms with Gasteiger partial charge in [0.05, 0.1) is 40.6 Å². The van der Waals surface area contributed by atoms with Crippen molar-refractivity contribution in [3.63, 3.8) is 0 Å². The summed E-state index contributed by atoms with van der Waals surface area (Å²) >= 11 is 0. The van der Waals surface area contributed by atoms with E-state index in [0.29, 0.717) is 86.5 Å².